The second kappa shape index (κ2) is 7.52. The molecule has 0 N–H and O–H groups in total. The molecule has 0 unspecified atom stereocenters. The van der Waals surface area contributed by atoms with Gasteiger partial charge in [-0.3, -0.25) is 13.9 Å². The molecule has 0 fully saturated rings. The summed E-state index contributed by atoms with van der Waals surface area (Å²) in [6.07, 6.45) is 1.54. The lowest BCUT2D eigenvalue weighted by molar-refractivity contribution is 0.290. The van der Waals surface area contributed by atoms with Gasteiger partial charge in [0.25, 0.3) is 5.56 Å². The highest BCUT2D eigenvalue weighted by Crippen LogP contribution is 2.32. The molecule has 0 saturated carbocycles. The van der Waals surface area contributed by atoms with Crippen molar-refractivity contribution in [2.45, 2.75) is 13.5 Å². The molecule has 8 heteroatoms. The monoisotopic (exact) mass is 431 g/mol. The van der Waals surface area contributed by atoms with E-state index in [2.05, 4.69) is 15.1 Å². The predicted octanol–water partition coefficient (Wildman–Crippen LogP) is 4.18. The third-order valence-electron chi connectivity index (χ3n) is 5.07. The van der Waals surface area contributed by atoms with E-state index in [1.165, 1.54) is 10.5 Å². The second-order valence-corrected chi connectivity index (χ2v) is 7.67. The van der Waals surface area contributed by atoms with Crippen LogP contribution in [0.1, 0.15) is 11.4 Å². The van der Waals surface area contributed by atoms with E-state index in [9.17, 15) is 4.79 Å². The summed E-state index contributed by atoms with van der Waals surface area (Å²) in [6, 6.07) is 16.8. The standard InChI is InChI=1S/C23H18ClN5O2/c1-14-22-18(15-6-4-3-5-7-15)11-20(26-23(22)28(2)27-14)31-13-17-10-21(30)29-12-16(24)8-9-19(29)25-17/h3-12H,13H2,1-2H3. The van der Waals surface area contributed by atoms with Crippen molar-refractivity contribution < 1.29 is 4.74 Å². The maximum Gasteiger partial charge on any atom is 0.258 e. The molecule has 0 aliphatic carbocycles. The molecule has 5 rings (SSSR count). The molecular formula is C23H18ClN5O2. The Morgan fingerprint density at radius 3 is 2.68 bits per heavy atom. The summed E-state index contributed by atoms with van der Waals surface area (Å²) < 4.78 is 9.11. The van der Waals surface area contributed by atoms with Gasteiger partial charge in [0.2, 0.25) is 5.88 Å². The van der Waals surface area contributed by atoms with Gasteiger partial charge in [0.1, 0.15) is 12.3 Å². The first-order valence-corrected chi connectivity index (χ1v) is 10.1. The summed E-state index contributed by atoms with van der Waals surface area (Å²) in [6.45, 7) is 2.08. The molecule has 0 aliphatic rings. The molecule has 7 nitrogen and oxygen atoms in total. The number of benzene rings is 1. The van der Waals surface area contributed by atoms with Gasteiger partial charge in [0, 0.05) is 25.4 Å². The van der Waals surface area contributed by atoms with E-state index < -0.39 is 0 Å². The molecule has 0 atom stereocenters. The maximum absolute atomic E-state index is 12.4. The van der Waals surface area contributed by atoms with E-state index in [0.29, 0.717) is 22.2 Å². The lowest BCUT2D eigenvalue weighted by Gasteiger charge is -2.10. The topological polar surface area (TPSA) is 74.3 Å². The van der Waals surface area contributed by atoms with E-state index in [-0.39, 0.29) is 12.2 Å². The van der Waals surface area contributed by atoms with E-state index in [1.54, 1.807) is 23.0 Å². The molecule has 0 bridgehead atoms. The number of ether oxygens (including phenoxy) is 1. The third kappa shape index (κ3) is 3.53. The van der Waals surface area contributed by atoms with Gasteiger partial charge in [-0.15, -0.1) is 0 Å². The average Bonchev–Trinajstić information content (AvgIpc) is 3.06. The minimum absolute atomic E-state index is 0.109. The number of aromatic nitrogens is 5. The van der Waals surface area contributed by atoms with Crippen LogP contribution in [-0.2, 0) is 13.7 Å². The Morgan fingerprint density at radius 1 is 1.06 bits per heavy atom. The quantitative estimate of drug-likeness (QED) is 0.426. The zero-order valence-corrected chi connectivity index (χ0v) is 17.7. The van der Waals surface area contributed by atoms with Gasteiger partial charge in [-0.2, -0.15) is 10.1 Å². The van der Waals surface area contributed by atoms with Crippen molar-refractivity contribution in [3.8, 4) is 17.0 Å². The normalized spacial score (nSPS) is 11.3. The SMILES string of the molecule is Cc1nn(C)c2nc(OCc3cc(=O)n4cc(Cl)ccc4n3)cc(-c3ccccc3)c12. The summed E-state index contributed by atoms with van der Waals surface area (Å²) >= 11 is 5.97. The largest absolute Gasteiger partial charge is 0.471 e. The van der Waals surface area contributed by atoms with Crippen molar-refractivity contribution in [2.24, 2.45) is 7.05 Å². The van der Waals surface area contributed by atoms with Gasteiger partial charge in [-0.25, -0.2) is 4.98 Å². The predicted molar refractivity (Wildman–Crippen MR) is 119 cm³/mol. The van der Waals surface area contributed by atoms with Crippen molar-refractivity contribution in [1.29, 1.82) is 0 Å². The summed E-state index contributed by atoms with van der Waals surface area (Å²) in [5, 5.41) is 5.98. The van der Waals surface area contributed by atoms with E-state index >= 15 is 0 Å². The molecule has 5 aromatic rings. The third-order valence-corrected chi connectivity index (χ3v) is 5.30. The first kappa shape index (κ1) is 19.3. The Morgan fingerprint density at radius 2 is 1.87 bits per heavy atom. The van der Waals surface area contributed by atoms with Crippen LogP contribution in [0.3, 0.4) is 0 Å². The second-order valence-electron chi connectivity index (χ2n) is 7.23. The highest BCUT2D eigenvalue weighted by atomic mass is 35.5. The molecule has 0 saturated heterocycles. The number of nitrogens with zero attached hydrogens (tertiary/aromatic N) is 5. The molecule has 4 heterocycles. The van der Waals surface area contributed by atoms with Crippen molar-refractivity contribution in [3.05, 3.63) is 87.6 Å². The van der Waals surface area contributed by atoms with Crippen LogP contribution in [0.4, 0.5) is 0 Å². The zero-order chi connectivity index (χ0) is 21.5. The average molecular weight is 432 g/mol. The molecule has 31 heavy (non-hydrogen) atoms. The van der Waals surface area contributed by atoms with Crippen LogP contribution in [0.15, 0.2) is 65.6 Å². The van der Waals surface area contributed by atoms with Crippen LogP contribution in [-0.4, -0.2) is 24.1 Å². The molecule has 0 radical (unpaired) electrons. The number of hydrogen-bond donors (Lipinski definition) is 0. The van der Waals surface area contributed by atoms with Gasteiger partial charge in [-0.05, 0) is 30.2 Å². The Bertz CT molecular complexity index is 1490. The first-order valence-electron chi connectivity index (χ1n) is 9.70. The van der Waals surface area contributed by atoms with Gasteiger partial charge >= 0.3 is 0 Å². The van der Waals surface area contributed by atoms with Crippen molar-refractivity contribution in [1.82, 2.24) is 24.1 Å². The minimum atomic E-state index is -0.221. The van der Waals surface area contributed by atoms with Crippen LogP contribution in [0.2, 0.25) is 5.02 Å². The smallest absolute Gasteiger partial charge is 0.258 e. The molecular weight excluding hydrogens is 414 g/mol. The van der Waals surface area contributed by atoms with E-state index in [0.717, 1.165) is 27.9 Å². The molecule has 0 spiro atoms. The fourth-order valence-corrected chi connectivity index (χ4v) is 3.85. The first-order chi connectivity index (χ1) is 15.0. The Labute approximate surface area is 182 Å². The number of aryl methyl sites for hydroxylation is 2. The maximum atomic E-state index is 12.4. The number of rotatable bonds is 4. The van der Waals surface area contributed by atoms with Crippen LogP contribution in [0.5, 0.6) is 5.88 Å². The Hall–Kier alpha value is -3.71. The van der Waals surface area contributed by atoms with E-state index in [1.807, 2.05) is 50.4 Å². The lowest BCUT2D eigenvalue weighted by atomic mass is 10.0. The molecule has 0 amide bonds. The molecule has 1 aromatic carbocycles. The summed E-state index contributed by atoms with van der Waals surface area (Å²) in [4.78, 5) is 21.5. The summed E-state index contributed by atoms with van der Waals surface area (Å²) in [5.74, 6) is 0.437. The number of fused-ring (bicyclic) bond motifs is 2. The fourth-order valence-electron chi connectivity index (χ4n) is 3.69. The fraction of sp³-hybridized carbons (Fsp3) is 0.130. The van der Waals surface area contributed by atoms with Crippen LogP contribution < -0.4 is 10.3 Å². The molecule has 0 aliphatic heterocycles. The zero-order valence-electron chi connectivity index (χ0n) is 16.9. The van der Waals surface area contributed by atoms with Crippen LogP contribution in [0.25, 0.3) is 27.8 Å². The van der Waals surface area contributed by atoms with Gasteiger partial charge in [-0.1, -0.05) is 41.9 Å². The number of hydrogen-bond acceptors (Lipinski definition) is 5. The van der Waals surface area contributed by atoms with Crippen LogP contribution >= 0.6 is 11.6 Å². The van der Waals surface area contributed by atoms with Crippen LogP contribution in [0, 0.1) is 6.92 Å². The van der Waals surface area contributed by atoms with Gasteiger partial charge < -0.3 is 4.74 Å². The van der Waals surface area contributed by atoms with Crippen molar-refractivity contribution >= 4 is 28.3 Å². The number of pyridine rings is 2. The summed E-state index contributed by atoms with van der Waals surface area (Å²) in [5.41, 5.74) is 4.47. The lowest BCUT2D eigenvalue weighted by Crippen LogP contribution is -2.16. The van der Waals surface area contributed by atoms with E-state index in [4.69, 9.17) is 16.3 Å². The van der Waals surface area contributed by atoms with Gasteiger partial charge in [0.05, 0.1) is 21.8 Å². The molecule has 154 valence electrons. The Kier molecular flexibility index (Phi) is 4.67. The minimum Gasteiger partial charge on any atom is -0.471 e. The highest BCUT2D eigenvalue weighted by Gasteiger charge is 2.16. The highest BCUT2D eigenvalue weighted by molar-refractivity contribution is 6.30. The van der Waals surface area contributed by atoms with Crippen molar-refractivity contribution in [2.75, 3.05) is 0 Å². The van der Waals surface area contributed by atoms with Crippen molar-refractivity contribution in [3.63, 3.8) is 0 Å². The molecule has 4 aromatic heterocycles. The number of halogens is 1. The Balaban J connectivity index is 1.54. The van der Waals surface area contributed by atoms with Gasteiger partial charge in [0.15, 0.2) is 5.65 Å². The summed E-state index contributed by atoms with van der Waals surface area (Å²) in [7, 11) is 1.86.